The van der Waals surface area contributed by atoms with Crippen LogP contribution in [0, 0.1) is 19.8 Å². The van der Waals surface area contributed by atoms with E-state index in [2.05, 4.69) is 10.4 Å². The molecular weight excluding hydrogens is 366 g/mol. The van der Waals surface area contributed by atoms with Crippen molar-refractivity contribution in [3.63, 3.8) is 0 Å². The number of aromatic carboxylic acids is 1. The lowest BCUT2D eigenvalue weighted by atomic mass is 10.0. The first kappa shape index (κ1) is 21.4. The Balaban J connectivity index is 0.000000273. The van der Waals surface area contributed by atoms with Gasteiger partial charge in [-0.25, -0.2) is 4.79 Å². The normalized spacial score (nSPS) is 16.9. The van der Waals surface area contributed by atoms with Gasteiger partial charge in [-0.3, -0.25) is 4.68 Å². The second-order valence-electron chi connectivity index (χ2n) is 6.74. The topological polar surface area (TPSA) is 76.4 Å². The van der Waals surface area contributed by atoms with E-state index in [-0.39, 0.29) is 5.69 Å². The third-order valence-corrected chi connectivity index (χ3v) is 4.89. The maximum atomic E-state index is 10.8. The number of ether oxygens (including phenoxy) is 1. The van der Waals surface area contributed by atoms with Crippen molar-refractivity contribution < 1.29 is 14.6 Å². The number of aryl methyl sites for hydroxylation is 3. The Morgan fingerprint density at radius 3 is 2.81 bits per heavy atom. The van der Waals surface area contributed by atoms with Gasteiger partial charge in [-0.2, -0.15) is 5.10 Å². The zero-order valence-corrected chi connectivity index (χ0v) is 16.7. The van der Waals surface area contributed by atoms with Crippen LogP contribution in [-0.2, 0) is 11.3 Å². The molecule has 0 radical (unpaired) electrons. The minimum atomic E-state index is -0.969. The van der Waals surface area contributed by atoms with E-state index in [4.69, 9.17) is 21.4 Å². The fourth-order valence-electron chi connectivity index (χ4n) is 2.87. The fourth-order valence-corrected chi connectivity index (χ4v) is 3.00. The summed E-state index contributed by atoms with van der Waals surface area (Å²) in [7, 11) is 0. The van der Waals surface area contributed by atoms with Crippen molar-refractivity contribution in [3.8, 4) is 0 Å². The Bertz CT molecular complexity index is 704. The molecule has 2 aromatic rings. The molecule has 1 unspecified atom stereocenters. The average Bonchev–Trinajstić information content (AvgIpc) is 2.84. The van der Waals surface area contributed by atoms with Crippen LogP contribution in [0.4, 0.5) is 0 Å². The lowest BCUT2D eigenvalue weighted by Crippen LogP contribution is -2.23. The van der Waals surface area contributed by atoms with Gasteiger partial charge in [-0.15, -0.1) is 0 Å². The minimum absolute atomic E-state index is 0.122. The van der Waals surface area contributed by atoms with Crippen molar-refractivity contribution in [2.75, 3.05) is 26.3 Å². The number of nitrogens with one attached hydrogen (secondary N) is 1. The molecule has 2 N–H and O–H groups in total. The number of aromatic nitrogens is 2. The molecule has 1 aromatic carbocycles. The van der Waals surface area contributed by atoms with Crippen LogP contribution in [-0.4, -0.2) is 47.2 Å². The van der Waals surface area contributed by atoms with Gasteiger partial charge in [-0.05, 0) is 50.3 Å². The van der Waals surface area contributed by atoms with Crippen molar-refractivity contribution >= 4 is 17.6 Å². The predicted molar refractivity (Wildman–Crippen MR) is 107 cm³/mol. The maximum Gasteiger partial charge on any atom is 0.356 e. The zero-order valence-electron chi connectivity index (χ0n) is 15.9. The molecule has 1 fully saturated rings. The molecule has 6 nitrogen and oxygen atoms in total. The van der Waals surface area contributed by atoms with Crippen molar-refractivity contribution in [2.24, 2.45) is 5.92 Å². The van der Waals surface area contributed by atoms with E-state index in [0.717, 1.165) is 62.0 Å². The summed E-state index contributed by atoms with van der Waals surface area (Å²) >= 11 is 5.71. The SMILES string of the molecule is Cc1cc(C(=O)O)nn1CCCC1CNCCOC1.Cc1ccccc1Cl. The quantitative estimate of drug-likeness (QED) is 0.812. The number of rotatable bonds is 5. The molecule has 2 heterocycles. The number of carbonyl (C=O) groups is 1. The van der Waals surface area contributed by atoms with Crippen LogP contribution in [0.25, 0.3) is 0 Å². The molecule has 0 spiro atoms. The van der Waals surface area contributed by atoms with Crippen LogP contribution < -0.4 is 5.32 Å². The van der Waals surface area contributed by atoms with Crippen molar-refractivity contribution in [1.29, 1.82) is 0 Å². The maximum absolute atomic E-state index is 10.8. The largest absolute Gasteiger partial charge is 0.476 e. The van der Waals surface area contributed by atoms with Gasteiger partial charge in [0.2, 0.25) is 0 Å². The number of hydrogen-bond donors (Lipinski definition) is 2. The Labute approximate surface area is 165 Å². The summed E-state index contributed by atoms with van der Waals surface area (Å²) in [5.41, 5.74) is 2.15. The molecule has 7 heteroatoms. The molecule has 1 saturated heterocycles. The summed E-state index contributed by atoms with van der Waals surface area (Å²) in [5.74, 6) is -0.430. The summed E-state index contributed by atoms with van der Waals surface area (Å²) in [6.45, 7) is 8.16. The fraction of sp³-hybridized carbons (Fsp3) is 0.500. The summed E-state index contributed by atoms with van der Waals surface area (Å²) in [6, 6.07) is 9.38. The summed E-state index contributed by atoms with van der Waals surface area (Å²) in [4.78, 5) is 10.8. The van der Waals surface area contributed by atoms with E-state index in [1.165, 1.54) is 0 Å². The molecule has 0 aliphatic carbocycles. The second kappa shape index (κ2) is 11.1. The highest BCUT2D eigenvalue weighted by Crippen LogP contribution is 2.12. The molecule has 148 valence electrons. The smallest absolute Gasteiger partial charge is 0.356 e. The minimum Gasteiger partial charge on any atom is -0.476 e. The number of halogens is 1. The highest BCUT2D eigenvalue weighted by molar-refractivity contribution is 6.31. The molecule has 0 amide bonds. The van der Waals surface area contributed by atoms with Gasteiger partial charge in [0.25, 0.3) is 0 Å². The highest BCUT2D eigenvalue weighted by atomic mass is 35.5. The van der Waals surface area contributed by atoms with Crippen LogP contribution in [0.1, 0.15) is 34.6 Å². The first-order valence-electron chi connectivity index (χ1n) is 9.24. The average molecular weight is 394 g/mol. The molecule has 3 rings (SSSR count). The number of nitrogens with zero attached hydrogens (tertiary/aromatic N) is 2. The summed E-state index contributed by atoms with van der Waals surface area (Å²) in [6.07, 6.45) is 2.05. The predicted octanol–water partition coefficient (Wildman–Crippen LogP) is 3.55. The standard InChI is InChI=1S/C13H21N3O3.C7H7Cl/c1-10-7-12(13(17)18)15-16(10)5-2-3-11-8-14-4-6-19-9-11;1-6-4-2-3-5-7(6)8/h7,11,14H,2-6,8-9H2,1H3,(H,17,18);2-5H,1H3. The first-order valence-corrected chi connectivity index (χ1v) is 9.62. The van der Waals surface area contributed by atoms with Gasteiger partial charge < -0.3 is 15.2 Å². The van der Waals surface area contributed by atoms with Crippen molar-refractivity contribution in [3.05, 3.63) is 52.3 Å². The van der Waals surface area contributed by atoms with E-state index in [9.17, 15) is 4.79 Å². The molecule has 0 saturated carbocycles. The molecule has 1 aromatic heterocycles. The van der Waals surface area contributed by atoms with Gasteiger partial charge >= 0.3 is 5.97 Å². The monoisotopic (exact) mass is 393 g/mol. The van der Waals surface area contributed by atoms with E-state index < -0.39 is 5.97 Å². The van der Waals surface area contributed by atoms with Gasteiger partial charge in [0.05, 0.1) is 13.2 Å². The Morgan fingerprint density at radius 2 is 2.19 bits per heavy atom. The van der Waals surface area contributed by atoms with Gasteiger partial charge in [0, 0.05) is 30.4 Å². The van der Waals surface area contributed by atoms with E-state index in [1.54, 1.807) is 10.7 Å². The first-order chi connectivity index (χ1) is 13.0. The molecule has 1 aliphatic rings. The lowest BCUT2D eigenvalue weighted by Gasteiger charge is -2.13. The molecule has 1 atom stereocenters. The Hall–Kier alpha value is -1.89. The zero-order chi connectivity index (χ0) is 19.6. The van der Waals surface area contributed by atoms with Crippen molar-refractivity contribution in [2.45, 2.75) is 33.2 Å². The molecule has 0 bridgehead atoms. The van der Waals surface area contributed by atoms with E-state index in [1.807, 2.05) is 38.1 Å². The number of benzene rings is 1. The van der Waals surface area contributed by atoms with Crippen LogP contribution in [0.15, 0.2) is 30.3 Å². The van der Waals surface area contributed by atoms with Gasteiger partial charge in [0.1, 0.15) is 0 Å². The van der Waals surface area contributed by atoms with Crippen LogP contribution >= 0.6 is 11.6 Å². The number of carboxylic acids is 1. The third kappa shape index (κ3) is 7.33. The van der Waals surface area contributed by atoms with E-state index >= 15 is 0 Å². The summed E-state index contributed by atoms with van der Waals surface area (Å²) in [5, 5.41) is 17.2. The number of hydrogen-bond acceptors (Lipinski definition) is 4. The summed E-state index contributed by atoms with van der Waals surface area (Å²) < 4.78 is 7.28. The third-order valence-electron chi connectivity index (χ3n) is 4.47. The van der Waals surface area contributed by atoms with Crippen LogP contribution in [0.3, 0.4) is 0 Å². The molecule has 27 heavy (non-hydrogen) atoms. The van der Waals surface area contributed by atoms with E-state index in [0.29, 0.717) is 5.92 Å². The Morgan fingerprint density at radius 1 is 1.41 bits per heavy atom. The lowest BCUT2D eigenvalue weighted by molar-refractivity contribution is 0.0689. The van der Waals surface area contributed by atoms with Crippen LogP contribution in [0.2, 0.25) is 5.02 Å². The second-order valence-corrected chi connectivity index (χ2v) is 7.14. The number of carboxylic acid groups (broad SMARTS) is 1. The van der Waals surface area contributed by atoms with Crippen LogP contribution in [0.5, 0.6) is 0 Å². The van der Waals surface area contributed by atoms with Gasteiger partial charge in [0.15, 0.2) is 5.69 Å². The van der Waals surface area contributed by atoms with Gasteiger partial charge in [-0.1, -0.05) is 29.8 Å². The molecular formula is C20H28ClN3O3. The molecule has 1 aliphatic heterocycles. The Kier molecular flexibility index (Phi) is 8.78. The van der Waals surface area contributed by atoms with Crippen molar-refractivity contribution in [1.82, 2.24) is 15.1 Å². The highest BCUT2D eigenvalue weighted by Gasteiger charge is 2.13.